The van der Waals surface area contributed by atoms with E-state index in [2.05, 4.69) is 13.8 Å². The molecule has 56 valence electrons. The Balaban J connectivity index is 3.18. The highest BCUT2D eigenvalue weighted by Crippen LogP contribution is 2.06. The van der Waals surface area contributed by atoms with Gasteiger partial charge in [0.05, 0.1) is 0 Å². The highest BCUT2D eigenvalue weighted by Gasteiger charge is 2.01. The van der Waals surface area contributed by atoms with Crippen molar-refractivity contribution in [2.75, 3.05) is 0 Å². The van der Waals surface area contributed by atoms with Gasteiger partial charge in [-0.2, -0.15) is 0 Å². The summed E-state index contributed by atoms with van der Waals surface area (Å²) in [6.07, 6.45) is 5.58. The van der Waals surface area contributed by atoms with Crippen LogP contribution in [0.15, 0.2) is 0 Å². The summed E-state index contributed by atoms with van der Waals surface area (Å²) in [5, 5.41) is 0. The topological polar surface area (TPSA) is 9.23 Å². The van der Waals surface area contributed by atoms with Crippen LogP contribution < -0.4 is 0 Å². The first-order chi connectivity index (χ1) is 4.35. The van der Waals surface area contributed by atoms with Crippen molar-refractivity contribution in [3.8, 4) is 0 Å². The van der Waals surface area contributed by atoms with E-state index in [-0.39, 0.29) is 0 Å². The zero-order valence-electron chi connectivity index (χ0n) is 6.81. The molecule has 0 saturated carbocycles. The lowest BCUT2D eigenvalue weighted by Crippen LogP contribution is -2.09. The van der Waals surface area contributed by atoms with Crippen molar-refractivity contribution < 1.29 is 4.43 Å². The summed E-state index contributed by atoms with van der Waals surface area (Å²) >= 11 is 0. The molecule has 0 radical (unpaired) electrons. The number of hydrogen-bond acceptors (Lipinski definition) is 1. The van der Waals surface area contributed by atoms with Gasteiger partial charge in [0.1, 0.15) is 10.5 Å². The molecule has 0 aliphatic carbocycles. The van der Waals surface area contributed by atoms with Gasteiger partial charge in [-0.1, -0.05) is 26.7 Å². The maximum absolute atomic E-state index is 5.37. The van der Waals surface area contributed by atoms with Gasteiger partial charge >= 0.3 is 0 Å². The summed E-state index contributed by atoms with van der Waals surface area (Å²) in [5.74, 6) is 0. The maximum atomic E-state index is 5.37. The summed E-state index contributed by atoms with van der Waals surface area (Å²) in [5.41, 5.74) is 0. The summed E-state index contributed by atoms with van der Waals surface area (Å²) in [6.45, 7) is 4.42. The fourth-order valence-corrected chi connectivity index (χ4v) is 1.50. The van der Waals surface area contributed by atoms with E-state index in [0.29, 0.717) is 6.10 Å². The van der Waals surface area contributed by atoms with E-state index in [1.54, 1.807) is 0 Å². The molecule has 0 fully saturated rings. The highest BCUT2D eigenvalue weighted by molar-refractivity contribution is 5.98. The molecule has 0 aromatic carbocycles. The van der Waals surface area contributed by atoms with Gasteiger partial charge < -0.3 is 4.43 Å². The molecule has 9 heavy (non-hydrogen) atoms. The lowest BCUT2D eigenvalue weighted by atomic mass is 10.1. The third-order valence-electron chi connectivity index (χ3n) is 1.55. The van der Waals surface area contributed by atoms with E-state index in [1.165, 1.54) is 25.7 Å². The lowest BCUT2D eigenvalue weighted by molar-refractivity contribution is 0.196. The molecule has 0 aliphatic heterocycles. The molecule has 0 N–H and O–H groups in total. The molecule has 0 saturated heterocycles. The SMILES string of the molecule is CCCC(CCC)O[SiH3]. The van der Waals surface area contributed by atoms with Gasteiger partial charge in [-0.25, -0.2) is 0 Å². The second kappa shape index (κ2) is 6.30. The summed E-state index contributed by atoms with van der Waals surface area (Å²) < 4.78 is 5.37. The minimum atomic E-state index is 0.576. The molecule has 0 amide bonds. The maximum Gasteiger partial charge on any atom is 0.146 e. The lowest BCUT2D eigenvalue weighted by Gasteiger charge is -2.12. The van der Waals surface area contributed by atoms with Crippen LogP contribution >= 0.6 is 0 Å². The van der Waals surface area contributed by atoms with Crippen LogP contribution in [0.25, 0.3) is 0 Å². The van der Waals surface area contributed by atoms with Gasteiger partial charge in [0.2, 0.25) is 0 Å². The predicted molar refractivity (Wildman–Crippen MR) is 44.6 cm³/mol. The Labute approximate surface area is 61.3 Å². The van der Waals surface area contributed by atoms with E-state index < -0.39 is 0 Å². The van der Waals surface area contributed by atoms with Crippen molar-refractivity contribution in [3.63, 3.8) is 0 Å². The van der Waals surface area contributed by atoms with Gasteiger partial charge in [0, 0.05) is 6.10 Å². The molecular formula is C7H18OSi. The monoisotopic (exact) mass is 146 g/mol. The standard InChI is InChI=1S/C7H18OSi/c1-3-5-7(8-9)6-4-2/h7H,3-6H2,1-2,9H3. The van der Waals surface area contributed by atoms with Crippen molar-refractivity contribution >= 4 is 10.5 Å². The first kappa shape index (κ1) is 9.18. The summed E-state index contributed by atoms with van der Waals surface area (Å²) in [4.78, 5) is 0. The minimum Gasteiger partial charge on any atom is -0.425 e. The van der Waals surface area contributed by atoms with E-state index in [9.17, 15) is 0 Å². The van der Waals surface area contributed by atoms with E-state index in [1.807, 2.05) is 0 Å². The predicted octanol–water partition coefficient (Wildman–Crippen LogP) is 1.25. The Morgan fingerprint density at radius 3 is 1.89 bits per heavy atom. The quantitative estimate of drug-likeness (QED) is 0.530. The summed E-state index contributed by atoms with van der Waals surface area (Å²) in [6, 6.07) is 0. The molecule has 0 aromatic heterocycles. The normalized spacial score (nSPS) is 11.0. The fourth-order valence-electron chi connectivity index (χ4n) is 1.02. The fraction of sp³-hybridized carbons (Fsp3) is 1.00. The van der Waals surface area contributed by atoms with Crippen LogP contribution in [0, 0.1) is 0 Å². The zero-order chi connectivity index (χ0) is 7.11. The van der Waals surface area contributed by atoms with Gasteiger partial charge in [0.15, 0.2) is 0 Å². The van der Waals surface area contributed by atoms with Crippen LogP contribution in [0.5, 0.6) is 0 Å². The van der Waals surface area contributed by atoms with Crippen molar-refractivity contribution in [1.29, 1.82) is 0 Å². The minimum absolute atomic E-state index is 0.576. The van der Waals surface area contributed by atoms with Crippen molar-refractivity contribution in [3.05, 3.63) is 0 Å². The van der Waals surface area contributed by atoms with E-state index >= 15 is 0 Å². The number of hydrogen-bond donors (Lipinski definition) is 0. The van der Waals surface area contributed by atoms with E-state index in [0.717, 1.165) is 10.5 Å². The molecule has 0 rings (SSSR count). The molecule has 0 unspecified atom stereocenters. The first-order valence-corrected chi connectivity index (χ1v) is 4.69. The molecule has 0 bridgehead atoms. The van der Waals surface area contributed by atoms with Crippen molar-refractivity contribution in [1.82, 2.24) is 0 Å². The van der Waals surface area contributed by atoms with Gasteiger partial charge in [0.25, 0.3) is 0 Å². The zero-order valence-corrected chi connectivity index (χ0v) is 8.81. The number of rotatable bonds is 5. The van der Waals surface area contributed by atoms with Crippen LogP contribution in [-0.2, 0) is 4.43 Å². The Morgan fingerprint density at radius 1 is 1.22 bits per heavy atom. The van der Waals surface area contributed by atoms with Gasteiger partial charge in [-0.05, 0) is 12.8 Å². The van der Waals surface area contributed by atoms with Crippen molar-refractivity contribution in [2.45, 2.75) is 45.6 Å². The van der Waals surface area contributed by atoms with Gasteiger partial charge in [-0.3, -0.25) is 0 Å². The van der Waals surface area contributed by atoms with Crippen LogP contribution in [-0.4, -0.2) is 16.6 Å². The Hall–Kier alpha value is 0.177. The average Bonchev–Trinajstić information content (AvgIpc) is 1.88. The highest BCUT2D eigenvalue weighted by atomic mass is 28.2. The Bertz CT molecular complexity index is 50.9. The van der Waals surface area contributed by atoms with Crippen LogP contribution in [0.1, 0.15) is 39.5 Å². The van der Waals surface area contributed by atoms with Crippen LogP contribution in [0.4, 0.5) is 0 Å². The molecular weight excluding hydrogens is 128 g/mol. The van der Waals surface area contributed by atoms with Crippen LogP contribution in [0.2, 0.25) is 0 Å². The molecule has 0 spiro atoms. The smallest absolute Gasteiger partial charge is 0.146 e. The molecule has 0 aromatic rings. The molecule has 0 heterocycles. The molecule has 0 aliphatic rings. The molecule has 0 atom stereocenters. The van der Waals surface area contributed by atoms with E-state index in [4.69, 9.17) is 4.43 Å². The third kappa shape index (κ3) is 4.67. The molecule has 2 heteroatoms. The second-order valence-electron chi connectivity index (χ2n) is 2.44. The Kier molecular flexibility index (Phi) is 6.42. The van der Waals surface area contributed by atoms with Gasteiger partial charge in [-0.15, -0.1) is 0 Å². The third-order valence-corrected chi connectivity index (χ3v) is 2.22. The van der Waals surface area contributed by atoms with Crippen molar-refractivity contribution in [2.24, 2.45) is 0 Å². The average molecular weight is 146 g/mol. The Morgan fingerprint density at radius 2 is 1.67 bits per heavy atom. The first-order valence-electron chi connectivity index (χ1n) is 3.87. The molecule has 1 nitrogen and oxygen atoms in total. The summed E-state index contributed by atoms with van der Waals surface area (Å²) in [7, 11) is 0.901. The largest absolute Gasteiger partial charge is 0.425 e. The second-order valence-corrected chi connectivity index (χ2v) is 2.91. The van der Waals surface area contributed by atoms with Crippen LogP contribution in [0.3, 0.4) is 0 Å².